The minimum Gasteiger partial charge on any atom is -0.328 e. The van der Waals surface area contributed by atoms with Crippen LogP contribution in [0.1, 0.15) is 13.3 Å². The molecule has 1 atom stereocenters. The third-order valence-corrected chi connectivity index (χ3v) is 1.99. The fraction of sp³-hybridized carbons (Fsp3) is 0.750. The standard InChI is InChI=1S/C4H8O4P/c1-2-3(5)9(8)4(6)7/h4,6-7H,2H2,1H3/q+1. The number of rotatable bonds is 3. The van der Waals surface area contributed by atoms with Crippen LogP contribution in [0.25, 0.3) is 0 Å². The van der Waals surface area contributed by atoms with Crippen LogP contribution in [0.5, 0.6) is 0 Å². The zero-order valence-electron chi connectivity index (χ0n) is 4.94. The molecule has 0 saturated carbocycles. The van der Waals surface area contributed by atoms with Gasteiger partial charge in [0.25, 0.3) is 0 Å². The summed E-state index contributed by atoms with van der Waals surface area (Å²) in [5.74, 6) is 0. The van der Waals surface area contributed by atoms with Crippen molar-refractivity contribution in [3.8, 4) is 0 Å². The molecule has 0 fully saturated rings. The molecule has 0 aromatic carbocycles. The lowest BCUT2D eigenvalue weighted by Crippen LogP contribution is -2.02. The topological polar surface area (TPSA) is 74.6 Å². The van der Waals surface area contributed by atoms with Crippen molar-refractivity contribution >= 4 is 13.3 Å². The van der Waals surface area contributed by atoms with E-state index in [9.17, 15) is 9.36 Å². The smallest absolute Gasteiger partial charge is 0.328 e. The van der Waals surface area contributed by atoms with E-state index in [2.05, 4.69) is 0 Å². The third kappa shape index (κ3) is 2.65. The monoisotopic (exact) mass is 151 g/mol. The van der Waals surface area contributed by atoms with Gasteiger partial charge in [-0.15, -0.1) is 0 Å². The molecule has 0 amide bonds. The maximum Gasteiger partial charge on any atom is 0.476 e. The first-order valence-electron chi connectivity index (χ1n) is 2.45. The molecule has 9 heavy (non-hydrogen) atoms. The summed E-state index contributed by atoms with van der Waals surface area (Å²) in [6.45, 7) is 1.51. The highest BCUT2D eigenvalue weighted by molar-refractivity contribution is 7.63. The lowest BCUT2D eigenvalue weighted by atomic mass is 10.6. The fourth-order valence-electron chi connectivity index (χ4n) is 0.285. The van der Waals surface area contributed by atoms with Crippen molar-refractivity contribution in [1.29, 1.82) is 0 Å². The van der Waals surface area contributed by atoms with E-state index in [4.69, 9.17) is 10.2 Å². The summed E-state index contributed by atoms with van der Waals surface area (Å²) in [4.78, 5) is 10.3. The average molecular weight is 151 g/mol. The van der Waals surface area contributed by atoms with E-state index in [1.54, 1.807) is 0 Å². The molecule has 0 heterocycles. The largest absolute Gasteiger partial charge is 0.476 e. The summed E-state index contributed by atoms with van der Waals surface area (Å²) < 4.78 is 10.4. The number of aliphatic hydroxyl groups is 2. The Labute approximate surface area is 53.3 Å². The molecule has 52 valence electrons. The lowest BCUT2D eigenvalue weighted by molar-refractivity contribution is -0.112. The Morgan fingerprint density at radius 3 is 2.22 bits per heavy atom. The average Bonchev–Trinajstić information content (AvgIpc) is 1.84. The van der Waals surface area contributed by atoms with Gasteiger partial charge in [0.1, 0.15) is 0 Å². The van der Waals surface area contributed by atoms with Crippen molar-refractivity contribution < 1.29 is 19.6 Å². The predicted octanol–water partition coefficient (Wildman–Crippen LogP) is 0.0186. The number of hydrogen-bond donors (Lipinski definition) is 2. The van der Waals surface area contributed by atoms with Crippen LogP contribution in [0.15, 0.2) is 0 Å². The van der Waals surface area contributed by atoms with Crippen LogP contribution < -0.4 is 0 Å². The van der Waals surface area contributed by atoms with Crippen LogP contribution in [-0.2, 0) is 9.36 Å². The first-order valence-corrected chi connectivity index (χ1v) is 3.77. The highest BCUT2D eigenvalue weighted by Gasteiger charge is 2.33. The second kappa shape index (κ2) is 3.67. The number of carbonyl (C=O) groups excluding carboxylic acids is 1. The summed E-state index contributed by atoms with van der Waals surface area (Å²) in [6, 6.07) is -1.99. The van der Waals surface area contributed by atoms with Gasteiger partial charge >= 0.3 is 19.4 Å². The van der Waals surface area contributed by atoms with Crippen molar-refractivity contribution in [3.05, 3.63) is 0 Å². The van der Waals surface area contributed by atoms with Crippen LogP contribution in [-0.4, -0.2) is 21.8 Å². The van der Waals surface area contributed by atoms with Crippen LogP contribution in [0, 0.1) is 0 Å². The molecule has 0 aliphatic rings. The summed E-state index contributed by atoms with van der Waals surface area (Å²) in [5.41, 5.74) is -0.611. The van der Waals surface area contributed by atoms with Gasteiger partial charge in [-0.05, 0) is 0 Å². The Kier molecular flexibility index (Phi) is 3.54. The maximum atomic E-state index is 10.4. The highest BCUT2D eigenvalue weighted by atomic mass is 31.1. The van der Waals surface area contributed by atoms with E-state index in [1.165, 1.54) is 6.92 Å². The van der Waals surface area contributed by atoms with Crippen molar-refractivity contribution in [3.63, 3.8) is 0 Å². The Bertz CT molecular complexity index is 131. The quantitative estimate of drug-likeness (QED) is 0.440. The molecular formula is C4H8O4P+. The molecule has 4 nitrogen and oxygen atoms in total. The molecule has 0 aromatic rings. The summed E-state index contributed by atoms with van der Waals surface area (Å²) >= 11 is 0. The summed E-state index contributed by atoms with van der Waals surface area (Å²) in [6.07, 6.45) is 0.0762. The molecule has 0 spiro atoms. The van der Waals surface area contributed by atoms with Crippen molar-refractivity contribution in [2.24, 2.45) is 0 Å². The molecule has 0 aromatic heterocycles. The van der Waals surface area contributed by atoms with Gasteiger partial charge in [0.05, 0.1) is 6.42 Å². The second-order valence-corrected chi connectivity index (χ2v) is 3.03. The number of hydrogen-bond acceptors (Lipinski definition) is 4. The van der Waals surface area contributed by atoms with Crippen LogP contribution in [0.2, 0.25) is 0 Å². The Balaban J connectivity index is 3.89. The van der Waals surface area contributed by atoms with Gasteiger partial charge in [0.2, 0.25) is 0 Å². The minimum atomic E-state index is -2.48. The van der Waals surface area contributed by atoms with E-state index in [0.717, 1.165) is 0 Å². The van der Waals surface area contributed by atoms with Crippen molar-refractivity contribution in [1.82, 2.24) is 0 Å². The van der Waals surface area contributed by atoms with Crippen molar-refractivity contribution in [2.45, 2.75) is 19.4 Å². The normalized spacial score (nSPS) is 11.8. The molecule has 0 aliphatic heterocycles. The summed E-state index contributed by atoms with van der Waals surface area (Å²) in [7, 11) is -2.48. The molecule has 2 N–H and O–H groups in total. The fourth-order valence-corrected chi connectivity index (χ4v) is 0.854. The second-order valence-electron chi connectivity index (χ2n) is 1.42. The molecular weight excluding hydrogens is 143 g/mol. The van der Waals surface area contributed by atoms with Gasteiger partial charge in [-0.1, -0.05) is 11.5 Å². The van der Waals surface area contributed by atoms with Gasteiger partial charge < -0.3 is 10.2 Å². The number of carbonyl (C=O) groups is 1. The first-order chi connectivity index (χ1) is 4.09. The minimum absolute atomic E-state index is 0.0762. The molecule has 0 rings (SSSR count). The van der Waals surface area contributed by atoms with Gasteiger partial charge in [-0.2, -0.15) is 0 Å². The van der Waals surface area contributed by atoms with Crippen molar-refractivity contribution in [2.75, 3.05) is 0 Å². The third-order valence-electron chi connectivity index (χ3n) is 0.758. The molecule has 1 unspecified atom stereocenters. The predicted molar refractivity (Wildman–Crippen MR) is 31.1 cm³/mol. The van der Waals surface area contributed by atoms with Gasteiger partial charge in [0.15, 0.2) is 0 Å². The highest BCUT2D eigenvalue weighted by Crippen LogP contribution is 2.26. The Morgan fingerprint density at radius 1 is 1.67 bits per heavy atom. The van der Waals surface area contributed by atoms with Crippen LogP contribution >= 0.6 is 7.80 Å². The molecule has 0 bridgehead atoms. The van der Waals surface area contributed by atoms with Gasteiger partial charge in [-0.25, -0.2) is 4.79 Å². The number of aliphatic hydroxyl groups excluding tert-OH is 1. The van der Waals surface area contributed by atoms with Crippen LogP contribution in [0.3, 0.4) is 0 Å². The Hall–Kier alpha value is -0.310. The maximum absolute atomic E-state index is 10.4. The molecule has 0 saturated heterocycles. The molecule has 0 radical (unpaired) electrons. The zero-order valence-corrected chi connectivity index (χ0v) is 5.84. The zero-order chi connectivity index (χ0) is 7.44. The molecule has 5 heteroatoms. The van der Waals surface area contributed by atoms with E-state index in [1.807, 2.05) is 0 Å². The summed E-state index contributed by atoms with van der Waals surface area (Å²) in [5, 5.41) is 16.3. The van der Waals surface area contributed by atoms with E-state index in [0.29, 0.717) is 0 Å². The van der Waals surface area contributed by atoms with E-state index < -0.39 is 19.4 Å². The van der Waals surface area contributed by atoms with E-state index >= 15 is 0 Å². The first kappa shape index (κ1) is 8.69. The molecule has 0 aliphatic carbocycles. The van der Waals surface area contributed by atoms with Gasteiger partial charge in [-0.3, -0.25) is 0 Å². The van der Waals surface area contributed by atoms with Gasteiger partial charge in [0, 0.05) is 0 Å². The Morgan fingerprint density at radius 2 is 2.11 bits per heavy atom. The van der Waals surface area contributed by atoms with E-state index in [-0.39, 0.29) is 6.42 Å². The van der Waals surface area contributed by atoms with Crippen LogP contribution in [0.4, 0.5) is 0 Å². The SMILES string of the molecule is CCC(=O)[P+](=O)C(O)O. The lowest BCUT2D eigenvalue weighted by Gasteiger charge is -1.83.